The summed E-state index contributed by atoms with van der Waals surface area (Å²) in [6.07, 6.45) is 0.229. The van der Waals surface area contributed by atoms with Crippen molar-refractivity contribution in [1.82, 2.24) is 4.57 Å². The van der Waals surface area contributed by atoms with Crippen molar-refractivity contribution in [3.05, 3.63) is 46.8 Å². The SMILES string of the molecule is COc1ccc(CC(=O)N=c2sc3c(OC)ccc(OC)c3n2C)cc1. The number of nitrogens with zero attached hydrogens (tertiary/aromatic N) is 2. The third-order valence-corrected chi connectivity index (χ3v) is 5.19. The molecule has 3 rings (SSSR count). The summed E-state index contributed by atoms with van der Waals surface area (Å²) in [6, 6.07) is 11.1. The largest absolute Gasteiger partial charge is 0.497 e. The molecule has 0 fully saturated rings. The fraction of sp³-hybridized carbons (Fsp3) is 0.263. The zero-order valence-corrected chi connectivity index (χ0v) is 15.9. The molecular weight excluding hydrogens is 352 g/mol. The Labute approximate surface area is 155 Å². The summed E-state index contributed by atoms with van der Waals surface area (Å²) in [5.41, 5.74) is 1.74. The maximum Gasteiger partial charge on any atom is 0.252 e. The summed E-state index contributed by atoms with van der Waals surface area (Å²) >= 11 is 1.40. The highest BCUT2D eigenvalue weighted by atomic mass is 32.1. The fourth-order valence-electron chi connectivity index (χ4n) is 2.69. The van der Waals surface area contributed by atoms with Crippen molar-refractivity contribution in [2.75, 3.05) is 21.3 Å². The number of benzene rings is 2. The van der Waals surface area contributed by atoms with Gasteiger partial charge in [0.1, 0.15) is 27.5 Å². The first kappa shape index (κ1) is 18.0. The van der Waals surface area contributed by atoms with Gasteiger partial charge in [-0.3, -0.25) is 4.79 Å². The number of rotatable bonds is 5. The van der Waals surface area contributed by atoms with Gasteiger partial charge >= 0.3 is 0 Å². The second-order valence-electron chi connectivity index (χ2n) is 5.62. The molecule has 1 amide bonds. The zero-order chi connectivity index (χ0) is 18.7. The van der Waals surface area contributed by atoms with E-state index < -0.39 is 0 Å². The van der Waals surface area contributed by atoms with Gasteiger partial charge in [0.25, 0.3) is 5.91 Å². The molecule has 0 unspecified atom stereocenters. The fourth-order valence-corrected chi connectivity index (χ4v) is 3.84. The molecule has 2 aromatic carbocycles. The number of methoxy groups -OCH3 is 3. The van der Waals surface area contributed by atoms with Gasteiger partial charge in [0.2, 0.25) is 0 Å². The van der Waals surface area contributed by atoms with E-state index >= 15 is 0 Å². The second-order valence-corrected chi connectivity index (χ2v) is 6.60. The molecule has 0 bridgehead atoms. The van der Waals surface area contributed by atoms with Gasteiger partial charge < -0.3 is 18.8 Å². The number of thiazole rings is 1. The smallest absolute Gasteiger partial charge is 0.252 e. The van der Waals surface area contributed by atoms with Gasteiger partial charge in [0, 0.05) is 7.05 Å². The van der Waals surface area contributed by atoms with Crippen LogP contribution in [-0.4, -0.2) is 31.8 Å². The highest BCUT2D eigenvalue weighted by Gasteiger charge is 2.14. The topological polar surface area (TPSA) is 62.1 Å². The van der Waals surface area contributed by atoms with Crippen LogP contribution in [0.3, 0.4) is 0 Å². The van der Waals surface area contributed by atoms with Gasteiger partial charge in [-0.2, -0.15) is 4.99 Å². The van der Waals surface area contributed by atoms with Crippen molar-refractivity contribution >= 4 is 27.5 Å². The van der Waals surface area contributed by atoms with E-state index in [4.69, 9.17) is 14.2 Å². The van der Waals surface area contributed by atoms with Crippen LogP contribution in [0.5, 0.6) is 17.2 Å². The third-order valence-electron chi connectivity index (χ3n) is 4.05. The molecule has 0 saturated heterocycles. The number of aryl methyl sites for hydroxylation is 1. The summed E-state index contributed by atoms with van der Waals surface area (Å²) in [7, 11) is 6.71. The number of carbonyl (C=O) groups excluding carboxylic acids is 1. The summed E-state index contributed by atoms with van der Waals surface area (Å²) in [5, 5.41) is 0. The van der Waals surface area contributed by atoms with Crippen molar-refractivity contribution < 1.29 is 19.0 Å². The standard InChI is InChI=1S/C19H20N2O4S/c1-21-17-14(24-3)9-10-15(25-4)18(17)26-19(21)20-16(22)11-12-5-7-13(23-2)8-6-12/h5-10H,11H2,1-4H3. The van der Waals surface area contributed by atoms with Crippen molar-refractivity contribution in [3.63, 3.8) is 0 Å². The number of amides is 1. The van der Waals surface area contributed by atoms with Gasteiger partial charge in [-0.15, -0.1) is 0 Å². The predicted molar refractivity (Wildman–Crippen MR) is 101 cm³/mol. The third kappa shape index (κ3) is 3.43. The van der Waals surface area contributed by atoms with E-state index in [1.807, 2.05) is 48.0 Å². The Morgan fingerprint density at radius 2 is 1.65 bits per heavy atom. The van der Waals surface area contributed by atoms with E-state index in [1.54, 1.807) is 21.3 Å². The van der Waals surface area contributed by atoms with Crippen molar-refractivity contribution in [3.8, 4) is 17.2 Å². The molecule has 136 valence electrons. The molecule has 1 heterocycles. The molecule has 0 N–H and O–H groups in total. The lowest BCUT2D eigenvalue weighted by Gasteiger charge is -2.06. The quantitative estimate of drug-likeness (QED) is 0.691. The van der Waals surface area contributed by atoms with E-state index in [-0.39, 0.29) is 12.3 Å². The minimum Gasteiger partial charge on any atom is -0.497 e. The van der Waals surface area contributed by atoms with Gasteiger partial charge in [0.15, 0.2) is 4.80 Å². The van der Waals surface area contributed by atoms with E-state index in [0.29, 0.717) is 10.6 Å². The van der Waals surface area contributed by atoms with Crippen LogP contribution in [0.4, 0.5) is 0 Å². The second kappa shape index (κ2) is 7.61. The Balaban J connectivity index is 1.98. The molecular formula is C19H20N2O4S. The molecule has 0 aliphatic rings. The lowest BCUT2D eigenvalue weighted by molar-refractivity contribution is -0.117. The van der Waals surface area contributed by atoms with Crippen LogP contribution < -0.4 is 19.0 Å². The first-order chi connectivity index (χ1) is 12.6. The van der Waals surface area contributed by atoms with Gasteiger partial charge in [-0.25, -0.2) is 0 Å². The summed E-state index contributed by atoms with van der Waals surface area (Å²) in [4.78, 5) is 17.3. The van der Waals surface area contributed by atoms with Crippen LogP contribution in [0, 0.1) is 0 Å². The van der Waals surface area contributed by atoms with E-state index in [9.17, 15) is 4.79 Å². The number of aromatic nitrogens is 1. The minimum atomic E-state index is -0.213. The molecule has 0 aliphatic heterocycles. The molecule has 26 heavy (non-hydrogen) atoms. The highest BCUT2D eigenvalue weighted by Crippen LogP contribution is 2.34. The van der Waals surface area contributed by atoms with Crippen molar-refractivity contribution in [1.29, 1.82) is 0 Å². The summed E-state index contributed by atoms with van der Waals surface area (Å²) in [5.74, 6) is 1.98. The highest BCUT2D eigenvalue weighted by molar-refractivity contribution is 7.16. The lowest BCUT2D eigenvalue weighted by Crippen LogP contribution is -2.14. The summed E-state index contributed by atoms with van der Waals surface area (Å²) in [6.45, 7) is 0. The maximum atomic E-state index is 12.4. The average Bonchev–Trinajstić information content (AvgIpc) is 2.98. The Bertz CT molecular complexity index is 1000. The molecule has 0 saturated carbocycles. The van der Waals surface area contributed by atoms with Crippen LogP contribution in [0.15, 0.2) is 41.4 Å². The van der Waals surface area contributed by atoms with Gasteiger partial charge in [-0.05, 0) is 29.8 Å². The maximum absolute atomic E-state index is 12.4. The molecule has 1 aromatic heterocycles. The minimum absolute atomic E-state index is 0.213. The van der Waals surface area contributed by atoms with Crippen LogP contribution in [0.25, 0.3) is 10.2 Å². The normalized spacial score (nSPS) is 11.6. The van der Waals surface area contributed by atoms with E-state index in [1.165, 1.54) is 11.3 Å². The predicted octanol–water partition coefficient (Wildman–Crippen LogP) is 2.94. The van der Waals surface area contributed by atoms with Crippen LogP contribution in [0.1, 0.15) is 5.56 Å². The summed E-state index contributed by atoms with van der Waals surface area (Å²) < 4.78 is 18.7. The first-order valence-corrected chi connectivity index (χ1v) is 8.80. The Hall–Kier alpha value is -2.80. The Kier molecular flexibility index (Phi) is 5.27. The molecule has 0 radical (unpaired) electrons. The molecule has 0 spiro atoms. The molecule has 3 aromatic rings. The molecule has 7 heteroatoms. The molecule has 0 atom stereocenters. The molecule has 6 nitrogen and oxygen atoms in total. The van der Waals surface area contributed by atoms with Crippen molar-refractivity contribution in [2.24, 2.45) is 12.0 Å². The number of carbonyl (C=O) groups is 1. The zero-order valence-electron chi connectivity index (χ0n) is 15.1. The Morgan fingerprint density at radius 1 is 1.00 bits per heavy atom. The number of ether oxygens (including phenoxy) is 3. The van der Waals surface area contributed by atoms with Crippen LogP contribution >= 0.6 is 11.3 Å². The van der Waals surface area contributed by atoms with Gasteiger partial charge in [0.05, 0.1) is 27.8 Å². The lowest BCUT2D eigenvalue weighted by atomic mass is 10.1. The number of hydrogen-bond acceptors (Lipinski definition) is 5. The average molecular weight is 372 g/mol. The Morgan fingerprint density at radius 3 is 2.27 bits per heavy atom. The first-order valence-electron chi connectivity index (χ1n) is 7.98. The monoisotopic (exact) mass is 372 g/mol. The number of hydrogen-bond donors (Lipinski definition) is 0. The van der Waals surface area contributed by atoms with E-state index in [2.05, 4.69) is 4.99 Å². The molecule has 0 aliphatic carbocycles. The van der Waals surface area contributed by atoms with Crippen molar-refractivity contribution in [2.45, 2.75) is 6.42 Å². The number of fused-ring (bicyclic) bond motifs is 1. The van der Waals surface area contributed by atoms with Crippen LogP contribution in [-0.2, 0) is 18.3 Å². The van der Waals surface area contributed by atoms with Crippen LogP contribution in [0.2, 0.25) is 0 Å². The van der Waals surface area contributed by atoms with Gasteiger partial charge in [-0.1, -0.05) is 23.5 Å². The van der Waals surface area contributed by atoms with E-state index in [0.717, 1.165) is 27.3 Å².